The van der Waals surface area contributed by atoms with Gasteiger partial charge in [-0.1, -0.05) is 6.08 Å². The van der Waals surface area contributed by atoms with E-state index in [0.717, 1.165) is 5.47 Å². The van der Waals surface area contributed by atoms with Crippen molar-refractivity contribution in [2.45, 2.75) is 38.9 Å². The molecule has 21 heavy (non-hydrogen) atoms. The minimum absolute atomic E-state index is 0.0611. The molecule has 7 heteroatoms. The zero-order chi connectivity index (χ0) is 15.8. The van der Waals surface area contributed by atoms with E-state index in [1.54, 1.807) is 12.3 Å². The molecule has 0 saturated carbocycles. The summed E-state index contributed by atoms with van der Waals surface area (Å²) in [5.74, 6) is 0.0334. The number of nitrogens with two attached hydrogens (primary N) is 2. The van der Waals surface area contributed by atoms with Crippen LogP contribution in [0.25, 0.3) is 6.08 Å². The summed E-state index contributed by atoms with van der Waals surface area (Å²) in [5, 5.41) is 9.61. The van der Waals surface area contributed by atoms with E-state index in [2.05, 4.69) is 4.98 Å². The van der Waals surface area contributed by atoms with E-state index in [1.165, 1.54) is 6.07 Å². The number of aromatic hydroxyl groups is 1. The number of anilines is 1. The first-order valence-corrected chi connectivity index (χ1v) is 6.87. The molecule has 0 radical (unpaired) electrons. The van der Waals surface area contributed by atoms with Gasteiger partial charge in [0.15, 0.2) is 11.6 Å². The Hall–Kier alpha value is -1.57. The molecule has 0 bridgehead atoms. The molecule has 2 heterocycles. The highest BCUT2D eigenvalue weighted by atomic mass is 16.7. The summed E-state index contributed by atoms with van der Waals surface area (Å²) in [6, 6.07) is 1.53. The highest BCUT2D eigenvalue weighted by Gasteiger charge is 2.52. The van der Waals surface area contributed by atoms with E-state index in [4.69, 9.17) is 20.8 Å². The third kappa shape index (κ3) is 3.05. The van der Waals surface area contributed by atoms with E-state index < -0.39 is 18.3 Å². The maximum absolute atomic E-state index is 9.61. The van der Waals surface area contributed by atoms with E-state index in [0.29, 0.717) is 5.56 Å². The Labute approximate surface area is 125 Å². The number of rotatable bonds is 3. The van der Waals surface area contributed by atoms with Crippen molar-refractivity contribution in [3.8, 4) is 5.75 Å². The zero-order valence-electron chi connectivity index (χ0n) is 12.9. The van der Waals surface area contributed by atoms with Gasteiger partial charge in [-0.25, -0.2) is 4.98 Å². The Morgan fingerprint density at radius 1 is 1.33 bits per heavy atom. The van der Waals surface area contributed by atoms with Crippen molar-refractivity contribution in [3.05, 3.63) is 23.3 Å². The fraction of sp³-hybridized carbons (Fsp3) is 0.500. The van der Waals surface area contributed by atoms with Crippen LogP contribution in [0, 0.1) is 0 Å². The van der Waals surface area contributed by atoms with Gasteiger partial charge in [0.05, 0.1) is 11.2 Å². The summed E-state index contributed by atoms with van der Waals surface area (Å²) in [6.07, 6.45) is 3.37. The molecule has 1 aromatic rings. The van der Waals surface area contributed by atoms with Gasteiger partial charge in [0, 0.05) is 12.7 Å². The second-order valence-electron chi connectivity index (χ2n) is 6.18. The molecule has 1 saturated heterocycles. The highest BCUT2D eigenvalue weighted by Crippen LogP contribution is 2.38. The van der Waals surface area contributed by atoms with E-state index in [-0.39, 0.29) is 18.1 Å². The molecule has 0 aliphatic carbocycles. The Balaban J connectivity index is 2.28. The molecule has 6 nitrogen and oxygen atoms in total. The average Bonchev–Trinajstić information content (AvgIpc) is 2.59. The van der Waals surface area contributed by atoms with Crippen LogP contribution in [0.2, 0.25) is 0 Å². The van der Waals surface area contributed by atoms with Gasteiger partial charge in [-0.05, 0) is 44.8 Å². The molecule has 2 rings (SSSR count). The molecule has 114 valence electrons. The van der Waals surface area contributed by atoms with Crippen LogP contribution in [0.4, 0.5) is 5.82 Å². The minimum Gasteiger partial charge on any atom is -0.504 e. The summed E-state index contributed by atoms with van der Waals surface area (Å²) in [5.41, 5.74) is 11.9. The van der Waals surface area contributed by atoms with Crippen LogP contribution >= 0.6 is 0 Å². The van der Waals surface area contributed by atoms with Crippen molar-refractivity contribution in [2.75, 3.05) is 12.3 Å². The summed E-state index contributed by atoms with van der Waals surface area (Å²) in [7, 11) is -0.514. The number of hydrogen-bond acceptors (Lipinski definition) is 6. The summed E-state index contributed by atoms with van der Waals surface area (Å²) >= 11 is 0. The maximum Gasteiger partial charge on any atom is 0.491 e. The first-order valence-electron chi connectivity index (χ1n) is 6.87. The van der Waals surface area contributed by atoms with Crippen LogP contribution in [0.5, 0.6) is 5.75 Å². The van der Waals surface area contributed by atoms with Crippen molar-refractivity contribution in [2.24, 2.45) is 5.73 Å². The van der Waals surface area contributed by atoms with Crippen molar-refractivity contribution >= 4 is 19.0 Å². The number of nitrogen functional groups attached to an aromatic ring is 1. The van der Waals surface area contributed by atoms with Gasteiger partial charge in [0.1, 0.15) is 0 Å². The fourth-order valence-corrected chi connectivity index (χ4v) is 1.99. The Morgan fingerprint density at radius 2 is 1.90 bits per heavy atom. The van der Waals surface area contributed by atoms with Crippen LogP contribution < -0.4 is 11.5 Å². The smallest absolute Gasteiger partial charge is 0.491 e. The molecule has 1 aromatic heterocycles. The van der Waals surface area contributed by atoms with Gasteiger partial charge in [0.25, 0.3) is 0 Å². The second-order valence-corrected chi connectivity index (χ2v) is 6.18. The predicted molar refractivity (Wildman–Crippen MR) is 83.4 cm³/mol. The number of nitrogens with zero attached hydrogens (tertiary/aromatic N) is 1. The molecular formula is C14H22BN3O3. The van der Waals surface area contributed by atoms with Crippen molar-refractivity contribution in [1.29, 1.82) is 0 Å². The lowest BCUT2D eigenvalue weighted by atomic mass is 9.77. The van der Waals surface area contributed by atoms with Crippen molar-refractivity contribution in [3.63, 3.8) is 0 Å². The summed E-state index contributed by atoms with van der Waals surface area (Å²) in [6.45, 7) is 8.22. The fourth-order valence-electron chi connectivity index (χ4n) is 1.99. The van der Waals surface area contributed by atoms with Gasteiger partial charge in [-0.3, -0.25) is 0 Å². The van der Waals surface area contributed by atoms with Gasteiger partial charge in [-0.15, -0.1) is 0 Å². The van der Waals surface area contributed by atoms with Gasteiger partial charge in [-0.2, -0.15) is 0 Å². The average molecular weight is 291 g/mol. The van der Waals surface area contributed by atoms with Crippen LogP contribution in [0.1, 0.15) is 33.3 Å². The molecule has 0 amide bonds. The summed E-state index contributed by atoms with van der Waals surface area (Å²) in [4.78, 5) is 3.91. The normalized spacial score (nSPS) is 20.8. The van der Waals surface area contributed by atoms with E-state index in [9.17, 15) is 5.11 Å². The molecule has 0 atom stereocenters. The highest BCUT2D eigenvalue weighted by molar-refractivity contribution is 6.55. The first-order chi connectivity index (χ1) is 9.66. The SMILES string of the molecule is CC1(C)OB(C(=Cc2cnc(N)c(O)c2)CN)OC1(C)C. The second kappa shape index (κ2) is 5.33. The zero-order valence-corrected chi connectivity index (χ0v) is 12.9. The largest absolute Gasteiger partial charge is 0.504 e. The molecule has 0 unspecified atom stereocenters. The molecule has 0 spiro atoms. The third-order valence-corrected chi connectivity index (χ3v) is 4.06. The van der Waals surface area contributed by atoms with Crippen LogP contribution in [0.15, 0.2) is 17.7 Å². The standard InChI is InChI=1S/C14H22BN3O3/c1-13(2)14(3,4)21-15(20-13)10(7-16)5-9-6-11(19)12(17)18-8-9/h5-6,8,19H,7,16H2,1-4H3,(H2,17,18). The van der Waals surface area contributed by atoms with E-state index >= 15 is 0 Å². The lowest BCUT2D eigenvalue weighted by Crippen LogP contribution is -2.41. The topological polar surface area (TPSA) is 104 Å². The lowest BCUT2D eigenvalue weighted by molar-refractivity contribution is 0.00578. The number of aromatic nitrogens is 1. The molecule has 1 aliphatic rings. The Morgan fingerprint density at radius 3 is 2.38 bits per heavy atom. The molecule has 1 aliphatic heterocycles. The molecule has 5 N–H and O–H groups in total. The maximum atomic E-state index is 9.61. The predicted octanol–water partition coefficient (Wildman–Crippen LogP) is 1.34. The lowest BCUT2D eigenvalue weighted by Gasteiger charge is -2.32. The van der Waals surface area contributed by atoms with Crippen LogP contribution in [0.3, 0.4) is 0 Å². The molecule has 0 aromatic carbocycles. The summed E-state index contributed by atoms with van der Waals surface area (Å²) < 4.78 is 11.9. The van der Waals surface area contributed by atoms with Crippen LogP contribution in [-0.4, -0.2) is 35.0 Å². The Bertz CT molecular complexity index is 557. The van der Waals surface area contributed by atoms with Crippen molar-refractivity contribution in [1.82, 2.24) is 4.98 Å². The minimum atomic E-state index is -0.514. The van der Waals surface area contributed by atoms with Crippen molar-refractivity contribution < 1.29 is 14.4 Å². The number of pyridine rings is 1. The molecule has 1 fully saturated rings. The molecular weight excluding hydrogens is 269 g/mol. The van der Waals surface area contributed by atoms with Crippen LogP contribution in [-0.2, 0) is 9.31 Å². The first kappa shape index (κ1) is 15.8. The number of hydrogen-bond donors (Lipinski definition) is 3. The monoisotopic (exact) mass is 291 g/mol. The van der Waals surface area contributed by atoms with Gasteiger partial charge < -0.3 is 25.9 Å². The quantitative estimate of drug-likeness (QED) is 0.726. The van der Waals surface area contributed by atoms with Gasteiger partial charge in [0.2, 0.25) is 0 Å². The Kier molecular flexibility index (Phi) is 4.01. The van der Waals surface area contributed by atoms with E-state index in [1.807, 2.05) is 27.7 Å². The third-order valence-electron chi connectivity index (χ3n) is 4.06. The van der Waals surface area contributed by atoms with Gasteiger partial charge >= 0.3 is 7.12 Å².